The maximum absolute atomic E-state index is 12.6. The third-order valence-corrected chi connectivity index (χ3v) is 4.18. The van der Waals surface area contributed by atoms with Crippen LogP contribution in [0.15, 0.2) is 48.5 Å². The molecule has 24 heavy (non-hydrogen) atoms. The van der Waals surface area contributed by atoms with Crippen LogP contribution in [0.2, 0.25) is 0 Å². The minimum atomic E-state index is -0.317. The molecule has 1 atom stereocenters. The molecule has 0 aliphatic carbocycles. The van der Waals surface area contributed by atoms with Gasteiger partial charge in [-0.2, -0.15) is 0 Å². The third-order valence-electron chi connectivity index (χ3n) is 4.18. The Bertz CT molecular complexity index is 730. The molecule has 5 heteroatoms. The van der Waals surface area contributed by atoms with Crippen molar-refractivity contribution in [1.29, 1.82) is 0 Å². The number of anilines is 1. The number of carbonyl (C=O) groups is 2. The minimum absolute atomic E-state index is 0.101. The van der Waals surface area contributed by atoms with Crippen LogP contribution in [0.3, 0.4) is 0 Å². The number of likely N-dealkylation sites (tertiary alicyclic amines) is 1. The number of carbonyl (C=O) groups excluding carboxylic acids is 2. The van der Waals surface area contributed by atoms with Crippen molar-refractivity contribution in [2.45, 2.75) is 19.8 Å². The molecule has 1 aromatic heterocycles. The SMILES string of the molecule is CC1CCCN(C(=O)c2cccc(C(=O)Nc3ccccc3)n2)C1. The lowest BCUT2D eigenvalue weighted by molar-refractivity contribution is 0.0677. The Kier molecular flexibility index (Phi) is 4.89. The summed E-state index contributed by atoms with van der Waals surface area (Å²) in [6, 6.07) is 14.2. The summed E-state index contributed by atoms with van der Waals surface area (Å²) in [6.07, 6.45) is 2.16. The van der Waals surface area contributed by atoms with Gasteiger partial charge in [0.2, 0.25) is 0 Å². The number of hydrogen-bond donors (Lipinski definition) is 1. The summed E-state index contributed by atoms with van der Waals surface area (Å²) in [6.45, 7) is 3.66. The number of nitrogens with one attached hydrogen (secondary N) is 1. The molecule has 1 aliphatic heterocycles. The van der Waals surface area contributed by atoms with E-state index in [0.29, 0.717) is 17.3 Å². The molecule has 1 aromatic carbocycles. The second-order valence-electron chi connectivity index (χ2n) is 6.23. The highest BCUT2D eigenvalue weighted by molar-refractivity contribution is 6.03. The quantitative estimate of drug-likeness (QED) is 0.943. The van der Waals surface area contributed by atoms with Gasteiger partial charge in [-0.3, -0.25) is 9.59 Å². The Balaban J connectivity index is 1.73. The molecule has 0 saturated carbocycles. The van der Waals surface area contributed by atoms with E-state index in [2.05, 4.69) is 17.2 Å². The fourth-order valence-electron chi connectivity index (χ4n) is 2.93. The van der Waals surface area contributed by atoms with Crippen molar-refractivity contribution in [3.63, 3.8) is 0 Å². The first-order chi connectivity index (χ1) is 11.6. The molecule has 3 rings (SSSR count). The molecule has 1 saturated heterocycles. The van der Waals surface area contributed by atoms with Crippen LogP contribution >= 0.6 is 0 Å². The van der Waals surface area contributed by atoms with Gasteiger partial charge in [-0.1, -0.05) is 31.2 Å². The highest BCUT2D eigenvalue weighted by Gasteiger charge is 2.23. The monoisotopic (exact) mass is 323 g/mol. The smallest absolute Gasteiger partial charge is 0.274 e. The van der Waals surface area contributed by atoms with Crippen LogP contribution < -0.4 is 5.32 Å². The van der Waals surface area contributed by atoms with Gasteiger partial charge in [0, 0.05) is 18.8 Å². The number of pyridine rings is 1. The zero-order valence-corrected chi connectivity index (χ0v) is 13.7. The van der Waals surface area contributed by atoms with Crippen molar-refractivity contribution in [1.82, 2.24) is 9.88 Å². The molecule has 124 valence electrons. The molecule has 2 aromatic rings. The first kappa shape index (κ1) is 16.2. The zero-order chi connectivity index (χ0) is 16.9. The van der Waals surface area contributed by atoms with Gasteiger partial charge in [0.25, 0.3) is 11.8 Å². The second-order valence-corrected chi connectivity index (χ2v) is 6.23. The summed E-state index contributed by atoms with van der Waals surface area (Å²) in [7, 11) is 0. The Hall–Kier alpha value is -2.69. The Morgan fingerprint density at radius 3 is 2.58 bits per heavy atom. The molecule has 2 amide bonds. The average molecular weight is 323 g/mol. The molecular formula is C19H21N3O2. The largest absolute Gasteiger partial charge is 0.337 e. The van der Waals surface area contributed by atoms with Crippen LogP contribution in [-0.4, -0.2) is 34.8 Å². The van der Waals surface area contributed by atoms with Crippen LogP contribution in [0.5, 0.6) is 0 Å². The molecule has 2 heterocycles. The first-order valence-corrected chi connectivity index (χ1v) is 8.26. The van der Waals surface area contributed by atoms with Crippen molar-refractivity contribution in [2.24, 2.45) is 5.92 Å². The highest BCUT2D eigenvalue weighted by Crippen LogP contribution is 2.17. The molecule has 5 nitrogen and oxygen atoms in total. The van der Waals surface area contributed by atoms with E-state index in [1.165, 1.54) is 0 Å². The van der Waals surface area contributed by atoms with Crippen LogP contribution in [0.4, 0.5) is 5.69 Å². The number of hydrogen-bond acceptors (Lipinski definition) is 3. The lowest BCUT2D eigenvalue weighted by Gasteiger charge is -2.30. The molecule has 1 N–H and O–H groups in total. The lowest BCUT2D eigenvalue weighted by Crippen LogP contribution is -2.39. The normalized spacial score (nSPS) is 17.4. The van der Waals surface area contributed by atoms with E-state index < -0.39 is 0 Å². The summed E-state index contributed by atoms with van der Waals surface area (Å²) < 4.78 is 0. The van der Waals surface area contributed by atoms with Crippen molar-refractivity contribution in [3.05, 3.63) is 59.9 Å². The number of amides is 2. The van der Waals surface area contributed by atoms with Gasteiger partial charge in [-0.05, 0) is 43.0 Å². The molecule has 0 spiro atoms. The van der Waals surface area contributed by atoms with Crippen LogP contribution in [-0.2, 0) is 0 Å². The Morgan fingerprint density at radius 1 is 1.08 bits per heavy atom. The van der Waals surface area contributed by atoms with E-state index in [0.717, 1.165) is 25.9 Å². The number of para-hydroxylation sites is 1. The van der Waals surface area contributed by atoms with Crippen LogP contribution in [0.1, 0.15) is 40.7 Å². The number of piperidine rings is 1. The van der Waals surface area contributed by atoms with Gasteiger partial charge in [0.05, 0.1) is 0 Å². The Morgan fingerprint density at radius 2 is 1.83 bits per heavy atom. The maximum atomic E-state index is 12.6. The van der Waals surface area contributed by atoms with Crippen molar-refractivity contribution < 1.29 is 9.59 Å². The summed E-state index contributed by atoms with van der Waals surface area (Å²) in [5.41, 5.74) is 1.27. The average Bonchev–Trinajstić information content (AvgIpc) is 2.62. The van der Waals surface area contributed by atoms with Gasteiger partial charge in [-0.15, -0.1) is 0 Å². The van der Waals surface area contributed by atoms with Gasteiger partial charge in [0.15, 0.2) is 0 Å². The topological polar surface area (TPSA) is 62.3 Å². The summed E-state index contributed by atoms with van der Waals surface area (Å²) >= 11 is 0. The summed E-state index contributed by atoms with van der Waals surface area (Å²) in [4.78, 5) is 31.0. The van der Waals surface area contributed by atoms with Crippen LogP contribution in [0, 0.1) is 5.92 Å². The number of aromatic nitrogens is 1. The van der Waals surface area contributed by atoms with Gasteiger partial charge in [-0.25, -0.2) is 4.98 Å². The number of nitrogens with zero attached hydrogens (tertiary/aromatic N) is 2. The van der Waals surface area contributed by atoms with Crippen molar-refractivity contribution in [2.75, 3.05) is 18.4 Å². The van der Waals surface area contributed by atoms with Crippen LogP contribution in [0.25, 0.3) is 0 Å². The maximum Gasteiger partial charge on any atom is 0.274 e. The van der Waals surface area contributed by atoms with Gasteiger partial charge in [0.1, 0.15) is 11.4 Å². The van der Waals surface area contributed by atoms with E-state index in [1.54, 1.807) is 18.2 Å². The van der Waals surface area contributed by atoms with Gasteiger partial charge < -0.3 is 10.2 Å². The predicted molar refractivity (Wildman–Crippen MR) is 92.9 cm³/mol. The van der Waals surface area contributed by atoms with E-state index in [-0.39, 0.29) is 17.5 Å². The highest BCUT2D eigenvalue weighted by atomic mass is 16.2. The zero-order valence-electron chi connectivity index (χ0n) is 13.7. The van der Waals surface area contributed by atoms with E-state index >= 15 is 0 Å². The van der Waals surface area contributed by atoms with Crippen molar-refractivity contribution >= 4 is 17.5 Å². The number of benzene rings is 1. The first-order valence-electron chi connectivity index (χ1n) is 8.26. The molecule has 1 aliphatic rings. The predicted octanol–water partition coefficient (Wildman–Crippen LogP) is 3.21. The van der Waals surface area contributed by atoms with E-state index in [4.69, 9.17) is 0 Å². The lowest BCUT2D eigenvalue weighted by atomic mass is 10.00. The molecular weight excluding hydrogens is 302 g/mol. The molecule has 1 fully saturated rings. The fraction of sp³-hybridized carbons (Fsp3) is 0.316. The molecule has 1 unspecified atom stereocenters. The van der Waals surface area contributed by atoms with Crippen molar-refractivity contribution in [3.8, 4) is 0 Å². The Labute approximate surface area is 141 Å². The van der Waals surface area contributed by atoms with E-state index in [1.807, 2.05) is 35.2 Å². The standard InChI is InChI=1S/C19H21N3O2/c1-14-7-6-12-22(13-14)19(24)17-11-5-10-16(21-17)18(23)20-15-8-3-2-4-9-15/h2-5,8-11,14H,6-7,12-13H2,1H3,(H,20,23). The summed E-state index contributed by atoms with van der Waals surface area (Å²) in [5, 5.41) is 2.78. The van der Waals surface area contributed by atoms with Gasteiger partial charge >= 0.3 is 0 Å². The third kappa shape index (κ3) is 3.79. The second kappa shape index (κ2) is 7.25. The molecule has 0 bridgehead atoms. The minimum Gasteiger partial charge on any atom is -0.337 e. The molecule has 0 radical (unpaired) electrons. The number of rotatable bonds is 3. The summed E-state index contributed by atoms with van der Waals surface area (Å²) in [5.74, 6) is 0.0889. The van der Waals surface area contributed by atoms with E-state index in [9.17, 15) is 9.59 Å². The fourth-order valence-corrected chi connectivity index (χ4v) is 2.93.